The summed E-state index contributed by atoms with van der Waals surface area (Å²) in [5.74, 6) is -0.602. The molecule has 0 amide bonds. The molecule has 1 aromatic carbocycles. The Kier molecular flexibility index (Phi) is 2.61. The van der Waals surface area contributed by atoms with Gasteiger partial charge in [0.15, 0.2) is 0 Å². The molecule has 1 aliphatic rings. The molecule has 0 N–H and O–H groups in total. The second-order valence-electron chi connectivity index (χ2n) is 3.48. The van der Waals surface area contributed by atoms with Gasteiger partial charge in [-0.25, -0.2) is 4.79 Å². The fourth-order valence-corrected chi connectivity index (χ4v) is 1.84. The van der Waals surface area contributed by atoms with Crippen molar-refractivity contribution < 1.29 is 14.3 Å². The van der Waals surface area contributed by atoms with Crippen LogP contribution in [0.1, 0.15) is 11.1 Å². The zero-order valence-corrected chi connectivity index (χ0v) is 8.09. The molecule has 4 heteroatoms. The highest BCUT2D eigenvalue weighted by atomic mass is 16.5. The lowest BCUT2D eigenvalue weighted by atomic mass is 10.1. The maximum Gasteiger partial charge on any atom is 0.413 e. The largest absolute Gasteiger partial charge is 0.453 e. The van der Waals surface area contributed by atoms with E-state index in [4.69, 9.17) is 10.3 Å². The van der Waals surface area contributed by atoms with E-state index >= 15 is 0 Å². The van der Waals surface area contributed by atoms with Crippen molar-refractivity contribution in [3.8, 4) is 0 Å². The number of ether oxygens (including phenoxy) is 1. The van der Waals surface area contributed by atoms with Gasteiger partial charge in [0.05, 0.1) is 0 Å². The fraction of sp³-hybridized carbons (Fsp3) is 0.273. The summed E-state index contributed by atoms with van der Waals surface area (Å²) in [6.07, 6.45) is 2.11. The molecule has 4 nitrogen and oxygen atoms in total. The van der Waals surface area contributed by atoms with Gasteiger partial charge >= 0.3 is 12.2 Å². The Morgan fingerprint density at radius 2 is 2.00 bits per heavy atom. The number of fused-ring (bicyclic) bond motifs is 1. The predicted molar refractivity (Wildman–Crippen MR) is 53.4 cm³/mol. The van der Waals surface area contributed by atoms with Crippen molar-refractivity contribution in [2.45, 2.75) is 18.9 Å². The fourth-order valence-electron chi connectivity index (χ4n) is 1.84. The van der Waals surface area contributed by atoms with Crippen LogP contribution in [0, 0.1) is 0 Å². The summed E-state index contributed by atoms with van der Waals surface area (Å²) in [5.41, 5.74) is 10.6. The van der Waals surface area contributed by atoms with Crippen LogP contribution in [0.3, 0.4) is 0 Å². The van der Waals surface area contributed by atoms with Gasteiger partial charge in [-0.2, -0.15) is 4.79 Å². The van der Waals surface area contributed by atoms with Crippen LogP contribution in [0.4, 0.5) is 0 Å². The van der Waals surface area contributed by atoms with Crippen molar-refractivity contribution in [1.82, 2.24) is 0 Å². The van der Waals surface area contributed by atoms with E-state index in [1.165, 1.54) is 11.1 Å². The number of esters is 1. The standard InChI is InChI=1S/C11H10N2O2/c12-13-7-11(14)15-10-5-8-3-1-2-4-9(8)6-10/h1-4,7,10H,5-6H2. The van der Waals surface area contributed by atoms with E-state index in [1.807, 2.05) is 24.3 Å². The topological polar surface area (TPSA) is 62.7 Å². The van der Waals surface area contributed by atoms with Crippen LogP contribution in [0.5, 0.6) is 0 Å². The molecule has 0 unspecified atom stereocenters. The number of hydrogen-bond acceptors (Lipinski definition) is 2. The molecule has 0 atom stereocenters. The highest BCUT2D eigenvalue weighted by Crippen LogP contribution is 2.23. The number of carbonyl (C=O) groups excluding carboxylic acids is 1. The third-order valence-electron chi connectivity index (χ3n) is 2.46. The first kappa shape index (κ1) is 9.62. The normalized spacial score (nSPS) is 14.1. The molecule has 0 radical (unpaired) electrons. The first-order valence-electron chi connectivity index (χ1n) is 4.74. The average Bonchev–Trinajstić information content (AvgIpc) is 2.59. The van der Waals surface area contributed by atoms with Gasteiger partial charge in [0.25, 0.3) is 0 Å². The van der Waals surface area contributed by atoms with Gasteiger partial charge in [0, 0.05) is 12.8 Å². The Bertz CT molecular complexity index is 411. The van der Waals surface area contributed by atoms with E-state index in [2.05, 4.69) is 4.79 Å². The van der Waals surface area contributed by atoms with Crippen LogP contribution >= 0.6 is 0 Å². The molecular weight excluding hydrogens is 192 g/mol. The number of hydrogen-bond donors (Lipinski definition) is 0. The maximum atomic E-state index is 11.0. The summed E-state index contributed by atoms with van der Waals surface area (Å²) in [6.45, 7) is 0. The van der Waals surface area contributed by atoms with E-state index in [0.717, 1.165) is 19.1 Å². The highest BCUT2D eigenvalue weighted by molar-refractivity contribution is 6.20. The van der Waals surface area contributed by atoms with Crippen molar-refractivity contribution in [1.29, 1.82) is 0 Å². The van der Waals surface area contributed by atoms with Gasteiger partial charge in [-0.3, -0.25) is 0 Å². The maximum absolute atomic E-state index is 11.0. The minimum Gasteiger partial charge on any atom is -0.453 e. The van der Waals surface area contributed by atoms with E-state index < -0.39 is 5.97 Å². The third kappa shape index (κ3) is 2.11. The van der Waals surface area contributed by atoms with Crippen molar-refractivity contribution in [3.63, 3.8) is 0 Å². The lowest BCUT2D eigenvalue weighted by Gasteiger charge is -2.06. The minimum atomic E-state index is -0.602. The first-order chi connectivity index (χ1) is 7.29. The Hall–Kier alpha value is -1.93. The van der Waals surface area contributed by atoms with Gasteiger partial charge in [-0.15, -0.1) is 0 Å². The van der Waals surface area contributed by atoms with Crippen molar-refractivity contribution in [2.75, 3.05) is 0 Å². The number of carbonyl (C=O) groups is 1. The summed E-state index contributed by atoms with van der Waals surface area (Å²) >= 11 is 0. The zero-order valence-electron chi connectivity index (χ0n) is 8.09. The average molecular weight is 202 g/mol. The summed E-state index contributed by atoms with van der Waals surface area (Å²) < 4.78 is 5.09. The van der Waals surface area contributed by atoms with Crippen molar-refractivity contribution in [2.24, 2.45) is 0 Å². The van der Waals surface area contributed by atoms with Gasteiger partial charge < -0.3 is 10.3 Å². The Labute approximate surface area is 87.1 Å². The smallest absolute Gasteiger partial charge is 0.413 e. The van der Waals surface area contributed by atoms with Crippen LogP contribution in [0.15, 0.2) is 24.3 Å². The van der Waals surface area contributed by atoms with E-state index in [-0.39, 0.29) is 6.10 Å². The molecule has 0 spiro atoms. The predicted octanol–water partition coefficient (Wildman–Crippen LogP) is 0.998. The molecule has 0 bridgehead atoms. The third-order valence-corrected chi connectivity index (χ3v) is 2.46. The molecular formula is C11H10N2O2. The molecule has 0 aromatic heterocycles. The van der Waals surface area contributed by atoms with Gasteiger partial charge in [-0.05, 0) is 11.1 Å². The summed E-state index contributed by atoms with van der Waals surface area (Å²) in [6, 6.07) is 8.00. The summed E-state index contributed by atoms with van der Waals surface area (Å²) in [5, 5.41) is 0. The SMILES string of the molecule is [N-]=[N+]=CC(=O)OC1Cc2ccccc2C1. The molecule has 15 heavy (non-hydrogen) atoms. The zero-order chi connectivity index (χ0) is 10.7. The number of benzene rings is 1. The van der Waals surface area contributed by atoms with E-state index in [1.54, 1.807) is 0 Å². The molecule has 76 valence electrons. The molecule has 0 saturated heterocycles. The van der Waals surface area contributed by atoms with Gasteiger partial charge in [0.1, 0.15) is 6.10 Å². The Morgan fingerprint density at radius 1 is 1.40 bits per heavy atom. The van der Waals surface area contributed by atoms with Crippen LogP contribution in [-0.2, 0) is 22.4 Å². The first-order valence-corrected chi connectivity index (χ1v) is 4.74. The van der Waals surface area contributed by atoms with Gasteiger partial charge in [0.2, 0.25) is 0 Å². The molecule has 0 saturated carbocycles. The molecule has 0 fully saturated rings. The minimum absolute atomic E-state index is 0.132. The van der Waals surface area contributed by atoms with Gasteiger partial charge in [-0.1, -0.05) is 24.3 Å². The van der Waals surface area contributed by atoms with Crippen LogP contribution in [0.2, 0.25) is 0 Å². The second-order valence-corrected chi connectivity index (χ2v) is 3.48. The second kappa shape index (κ2) is 4.07. The lowest BCUT2D eigenvalue weighted by Crippen LogP contribution is -2.19. The molecule has 1 aliphatic carbocycles. The van der Waals surface area contributed by atoms with Crippen molar-refractivity contribution in [3.05, 3.63) is 40.9 Å². The summed E-state index contributed by atoms with van der Waals surface area (Å²) in [4.78, 5) is 13.6. The van der Waals surface area contributed by atoms with Crippen molar-refractivity contribution >= 4 is 12.2 Å². The quantitative estimate of drug-likeness (QED) is 0.311. The highest BCUT2D eigenvalue weighted by Gasteiger charge is 2.24. The van der Waals surface area contributed by atoms with E-state index in [0.29, 0.717) is 0 Å². The summed E-state index contributed by atoms with van der Waals surface area (Å²) in [7, 11) is 0. The Morgan fingerprint density at radius 3 is 2.53 bits per heavy atom. The van der Waals surface area contributed by atoms with E-state index in [9.17, 15) is 4.79 Å². The molecule has 1 aromatic rings. The molecule has 0 aliphatic heterocycles. The van der Waals surface area contributed by atoms with Crippen LogP contribution < -0.4 is 0 Å². The molecule has 2 rings (SSSR count). The number of nitrogens with zero attached hydrogens (tertiary/aromatic N) is 2. The number of rotatable bonds is 2. The molecule has 0 heterocycles. The monoisotopic (exact) mass is 202 g/mol. The van der Waals surface area contributed by atoms with Crippen LogP contribution in [0.25, 0.3) is 5.53 Å². The van der Waals surface area contributed by atoms with Crippen LogP contribution in [-0.4, -0.2) is 23.1 Å². The Balaban J connectivity index is 2.01. The lowest BCUT2D eigenvalue weighted by molar-refractivity contribution is -0.143.